The monoisotopic (exact) mass is 295 g/mol. The average molecular weight is 295 g/mol. The van der Waals surface area contributed by atoms with E-state index in [1.807, 2.05) is 59.8 Å². The molecule has 3 rings (SSSR count). The van der Waals surface area contributed by atoms with Crippen molar-refractivity contribution < 1.29 is 4.79 Å². The van der Waals surface area contributed by atoms with Crippen LogP contribution in [0.5, 0.6) is 0 Å². The number of aromatic nitrogens is 1. The zero-order chi connectivity index (χ0) is 15.2. The van der Waals surface area contributed by atoms with Gasteiger partial charge in [-0.05, 0) is 42.7 Å². The van der Waals surface area contributed by atoms with E-state index in [-0.39, 0.29) is 5.91 Å². The minimum absolute atomic E-state index is 0.135. The molecule has 2 aromatic rings. The van der Waals surface area contributed by atoms with Crippen molar-refractivity contribution in [2.24, 2.45) is 0 Å². The van der Waals surface area contributed by atoms with Gasteiger partial charge in [-0.15, -0.1) is 0 Å². The van der Waals surface area contributed by atoms with Crippen molar-refractivity contribution in [3.05, 3.63) is 66.0 Å². The number of nitrogens with one attached hydrogen (secondary N) is 1. The summed E-state index contributed by atoms with van der Waals surface area (Å²) in [4.78, 5) is 18.5. The fourth-order valence-electron chi connectivity index (χ4n) is 2.85. The van der Waals surface area contributed by atoms with Crippen LogP contribution in [0.2, 0.25) is 0 Å². The van der Waals surface area contributed by atoms with E-state index < -0.39 is 0 Å². The Morgan fingerprint density at radius 2 is 1.95 bits per heavy atom. The zero-order valence-corrected chi connectivity index (χ0v) is 12.6. The van der Waals surface area contributed by atoms with Gasteiger partial charge in [0, 0.05) is 43.6 Å². The second kappa shape index (κ2) is 7.18. The molecule has 22 heavy (non-hydrogen) atoms. The van der Waals surface area contributed by atoms with E-state index in [4.69, 9.17) is 0 Å². The number of carbonyl (C=O) groups is 1. The molecule has 0 unspecified atom stereocenters. The van der Waals surface area contributed by atoms with Crippen LogP contribution in [-0.2, 0) is 6.54 Å². The molecule has 1 fully saturated rings. The molecule has 0 aliphatic carbocycles. The van der Waals surface area contributed by atoms with Crippen LogP contribution in [0, 0.1) is 0 Å². The molecule has 0 spiro atoms. The largest absolute Gasteiger partial charge is 0.337 e. The lowest BCUT2D eigenvalue weighted by atomic mass is 10.0. The van der Waals surface area contributed by atoms with Gasteiger partial charge in [0.05, 0.1) is 0 Å². The molecule has 0 radical (unpaired) electrons. The SMILES string of the molecule is O=C(c1ccccc1)N1CCC[C@H](NCc2ccncc2)C1. The van der Waals surface area contributed by atoms with Gasteiger partial charge in [0.2, 0.25) is 0 Å². The molecule has 1 aliphatic heterocycles. The maximum absolute atomic E-state index is 12.5. The second-order valence-corrected chi connectivity index (χ2v) is 5.69. The Balaban J connectivity index is 1.56. The van der Waals surface area contributed by atoms with Crippen molar-refractivity contribution in [2.45, 2.75) is 25.4 Å². The van der Waals surface area contributed by atoms with Gasteiger partial charge in [0.15, 0.2) is 0 Å². The van der Waals surface area contributed by atoms with Crippen LogP contribution in [-0.4, -0.2) is 34.9 Å². The fraction of sp³-hybridized carbons (Fsp3) is 0.333. The third kappa shape index (κ3) is 3.71. The lowest BCUT2D eigenvalue weighted by molar-refractivity contribution is 0.0694. The Kier molecular flexibility index (Phi) is 4.81. The lowest BCUT2D eigenvalue weighted by Crippen LogP contribution is -2.47. The molecule has 1 aromatic carbocycles. The number of nitrogens with zero attached hydrogens (tertiary/aromatic N) is 2. The first-order valence-electron chi connectivity index (χ1n) is 7.79. The van der Waals surface area contributed by atoms with E-state index in [1.54, 1.807) is 0 Å². The topological polar surface area (TPSA) is 45.2 Å². The van der Waals surface area contributed by atoms with Gasteiger partial charge in [-0.25, -0.2) is 0 Å². The summed E-state index contributed by atoms with van der Waals surface area (Å²) in [7, 11) is 0. The van der Waals surface area contributed by atoms with Crippen LogP contribution >= 0.6 is 0 Å². The Bertz CT molecular complexity index is 600. The third-order valence-corrected chi connectivity index (χ3v) is 4.07. The van der Waals surface area contributed by atoms with E-state index in [2.05, 4.69) is 10.3 Å². The Morgan fingerprint density at radius 3 is 2.73 bits per heavy atom. The summed E-state index contributed by atoms with van der Waals surface area (Å²) in [6.07, 6.45) is 5.78. The number of piperidine rings is 1. The van der Waals surface area contributed by atoms with Crippen LogP contribution in [0.25, 0.3) is 0 Å². The lowest BCUT2D eigenvalue weighted by Gasteiger charge is -2.33. The molecule has 4 heteroatoms. The molecule has 1 amide bonds. The summed E-state index contributed by atoms with van der Waals surface area (Å²) < 4.78 is 0. The molecule has 1 N–H and O–H groups in total. The molecular formula is C18H21N3O. The van der Waals surface area contributed by atoms with Gasteiger partial charge < -0.3 is 10.2 Å². The van der Waals surface area contributed by atoms with Crippen LogP contribution < -0.4 is 5.32 Å². The highest BCUT2D eigenvalue weighted by Gasteiger charge is 2.23. The highest BCUT2D eigenvalue weighted by atomic mass is 16.2. The number of benzene rings is 1. The molecule has 2 heterocycles. The van der Waals surface area contributed by atoms with Crippen LogP contribution in [0.4, 0.5) is 0 Å². The van der Waals surface area contributed by atoms with Crippen LogP contribution in [0.1, 0.15) is 28.8 Å². The number of amides is 1. The van der Waals surface area contributed by atoms with Crippen molar-refractivity contribution >= 4 is 5.91 Å². The first kappa shape index (κ1) is 14.7. The molecule has 1 aromatic heterocycles. The predicted octanol–water partition coefficient (Wildman–Crippen LogP) is 2.48. The smallest absolute Gasteiger partial charge is 0.253 e. The predicted molar refractivity (Wildman–Crippen MR) is 86.4 cm³/mol. The summed E-state index contributed by atoms with van der Waals surface area (Å²) in [5.41, 5.74) is 2.00. The van der Waals surface area contributed by atoms with Crippen molar-refractivity contribution in [3.63, 3.8) is 0 Å². The molecule has 1 saturated heterocycles. The molecule has 114 valence electrons. The molecule has 1 aliphatic rings. The molecule has 4 nitrogen and oxygen atoms in total. The number of hydrogen-bond donors (Lipinski definition) is 1. The Hall–Kier alpha value is -2.20. The quantitative estimate of drug-likeness (QED) is 0.942. The van der Waals surface area contributed by atoms with Crippen molar-refractivity contribution in [3.8, 4) is 0 Å². The van der Waals surface area contributed by atoms with Gasteiger partial charge in [0.25, 0.3) is 5.91 Å². The van der Waals surface area contributed by atoms with Crippen molar-refractivity contribution in [1.29, 1.82) is 0 Å². The van der Waals surface area contributed by atoms with Crippen LogP contribution in [0.3, 0.4) is 0 Å². The van der Waals surface area contributed by atoms with E-state index in [0.29, 0.717) is 6.04 Å². The highest BCUT2D eigenvalue weighted by Crippen LogP contribution is 2.14. The van der Waals surface area contributed by atoms with Gasteiger partial charge in [0.1, 0.15) is 0 Å². The number of carbonyl (C=O) groups excluding carboxylic acids is 1. The van der Waals surface area contributed by atoms with Gasteiger partial charge in [-0.2, -0.15) is 0 Å². The van der Waals surface area contributed by atoms with Crippen molar-refractivity contribution in [2.75, 3.05) is 13.1 Å². The minimum atomic E-state index is 0.135. The fourth-order valence-corrected chi connectivity index (χ4v) is 2.85. The van der Waals surface area contributed by atoms with E-state index in [1.165, 1.54) is 5.56 Å². The van der Waals surface area contributed by atoms with Crippen molar-refractivity contribution in [1.82, 2.24) is 15.2 Å². The van der Waals surface area contributed by atoms with Gasteiger partial charge >= 0.3 is 0 Å². The number of likely N-dealkylation sites (tertiary alicyclic amines) is 1. The summed E-state index contributed by atoms with van der Waals surface area (Å²) in [6, 6.07) is 13.9. The highest BCUT2D eigenvalue weighted by molar-refractivity contribution is 5.94. The molecular weight excluding hydrogens is 274 g/mol. The van der Waals surface area contributed by atoms with Crippen LogP contribution in [0.15, 0.2) is 54.9 Å². The zero-order valence-electron chi connectivity index (χ0n) is 12.6. The number of hydrogen-bond acceptors (Lipinski definition) is 3. The summed E-state index contributed by atoms with van der Waals surface area (Å²) >= 11 is 0. The third-order valence-electron chi connectivity index (χ3n) is 4.07. The average Bonchev–Trinajstić information content (AvgIpc) is 2.61. The maximum atomic E-state index is 12.5. The number of rotatable bonds is 4. The van der Waals surface area contributed by atoms with E-state index in [0.717, 1.165) is 38.0 Å². The Labute approximate surface area is 131 Å². The molecule has 1 atom stereocenters. The first-order valence-corrected chi connectivity index (χ1v) is 7.79. The summed E-state index contributed by atoms with van der Waals surface area (Å²) in [5.74, 6) is 0.135. The number of pyridine rings is 1. The summed E-state index contributed by atoms with van der Waals surface area (Å²) in [6.45, 7) is 2.44. The first-order chi connectivity index (χ1) is 10.8. The van der Waals surface area contributed by atoms with Gasteiger partial charge in [-0.3, -0.25) is 9.78 Å². The maximum Gasteiger partial charge on any atom is 0.253 e. The van der Waals surface area contributed by atoms with Gasteiger partial charge in [-0.1, -0.05) is 18.2 Å². The second-order valence-electron chi connectivity index (χ2n) is 5.69. The molecule has 0 saturated carbocycles. The van der Waals surface area contributed by atoms with E-state index in [9.17, 15) is 4.79 Å². The normalized spacial score (nSPS) is 18.2. The molecule has 0 bridgehead atoms. The Morgan fingerprint density at radius 1 is 1.18 bits per heavy atom. The summed E-state index contributed by atoms with van der Waals surface area (Å²) in [5, 5.41) is 3.55. The van der Waals surface area contributed by atoms with E-state index >= 15 is 0 Å². The minimum Gasteiger partial charge on any atom is -0.337 e. The standard InChI is InChI=1S/C18H21N3O/c22-18(16-5-2-1-3-6-16)21-12-4-7-17(14-21)20-13-15-8-10-19-11-9-15/h1-3,5-6,8-11,17,20H,4,7,12-14H2/t17-/m0/s1.